The van der Waals surface area contributed by atoms with E-state index in [2.05, 4.69) is 12.2 Å². The molecule has 150 valence electrons. The van der Waals surface area contributed by atoms with Crippen LogP contribution in [0.15, 0.2) is 48.5 Å². The van der Waals surface area contributed by atoms with Gasteiger partial charge in [-0.05, 0) is 30.7 Å². The van der Waals surface area contributed by atoms with Crippen molar-refractivity contribution in [3.05, 3.63) is 58.6 Å². The molecule has 1 N–H and O–H groups in total. The lowest BCUT2D eigenvalue weighted by Gasteiger charge is -2.10. The van der Waals surface area contributed by atoms with Crippen molar-refractivity contribution >= 4 is 17.3 Å². The first-order valence-corrected chi connectivity index (χ1v) is 9.48. The molecule has 0 atom stereocenters. The van der Waals surface area contributed by atoms with E-state index >= 15 is 0 Å². The Morgan fingerprint density at radius 2 is 1.75 bits per heavy atom. The molecule has 28 heavy (non-hydrogen) atoms. The molecule has 0 fully saturated rings. The smallest absolute Gasteiger partial charge is 0.269 e. The fourth-order valence-corrected chi connectivity index (χ4v) is 2.57. The van der Waals surface area contributed by atoms with Gasteiger partial charge in [-0.15, -0.1) is 0 Å². The zero-order valence-electron chi connectivity index (χ0n) is 16.1. The van der Waals surface area contributed by atoms with Crippen molar-refractivity contribution in [3.63, 3.8) is 0 Å². The average Bonchev–Trinajstić information content (AvgIpc) is 2.69. The van der Waals surface area contributed by atoms with E-state index in [1.165, 1.54) is 43.5 Å². The number of hydrogen-bond donors (Lipinski definition) is 1. The Balaban J connectivity index is 1.74. The number of non-ortho nitro benzene ring substituents is 1. The molecule has 0 heterocycles. The first-order chi connectivity index (χ1) is 13.6. The van der Waals surface area contributed by atoms with E-state index in [0.29, 0.717) is 23.8 Å². The van der Waals surface area contributed by atoms with Crippen LogP contribution in [0.3, 0.4) is 0 Å². The summed E-state index contributed by atoms with van der Waals surface area (Å²) in [5, 5.41) is 13.4. The van der Waals surface area contributed by atoms with Crippen molar-refractivity contribution in [2.75, 3.05) is 18.5 Å². The van der Waals surface area contributed by atoms with Crippen LogP contribution in [0.2, 0.25) is 0 Å². The van der Waals surface area contributed by atoms with Crippen LogP contribution < -0.4 is 14.8 Å². The number of carbonyl (C=O) groups excluding carboxylic acids is 1. The summed E-state index contributed by atoms with van der Waals surface area (Å²) in [6.45, 7) is 2.65. The number of benzene rings is 2. The van der Waals surface area contributed by atoms with Crippen LogP contribution in [-0.4, -0.2) is 24.0 Å². The third kappa shape index (κ3) is 7.65. The third-order valence-electron chi connectivity index (χ3n) is 4.05. The zero-order chi connectivity index (χ0) is 20.2. The quantitative estimate of drug-likeness (QED) is 0.316. The molecule has 0 saturated heterocycles. The SMILES string of the molecule is CCCCCCCOc1cccc(NC(=O)COc2ccc([N+](=O)[O-])cc2)c1. The summed E-state index contributed by atoms with van der Waals surface area (Å²) < 4.78 is 11.1. The Bertz CT molecular complexity index is 762. The van der Waals surface area contributed by atoms with Gasteiger partial charge in [0.05, 0.1) is 11.5 Å². The van der Waals surface area contributed by atoms with Gasteiger partial charge in [0, 0.05) is 23.9 Å². The van der Waals surface area contributed by atoms with Gasteiger partial charge < -0.3 is 14.8 Å². The van der Waals surface area contributed by atoms with Gasteiger partial charge in [0.1, 0.15) is 11.5 Å². The van der Waals surface area contributed by atoms with Crippen molar-refractivity contribution in [1.29, 1.82) is 0 Å². The van der Waals surface area contributed by atoms with Crippen LogP contribution in [0.1, 0.15) is 39.0 Å². The highest BCUT2D eigenvalue weighted by atomic mass is 16.6. The number of carbonyl (C=O) groups is 1. The molecule has 7 heteroatoms. The Hall–Kier alpha value is -3.09. The molecule has 0 aromatic heterocycles. The lowest BCUT2D eigenvalue weighted by molar-refractivity contribution is -0.384. The number of nitro benzene ring substituents is 1. The monoisotopic (exact) mass is 386 g/mol. The predicted molar refractivity (Wildman–Crippen MR) is 108 cm³/mol. The highest BCUT2D eigenvalue weighted by Crippen LogP contribution is 2.19. The van der Waals surface area contributed by atoms with Crippen molar-refractivity contribution in [3.8, 4) is 11.5 Å². The van der Waals surface area contributed by atoms with Gasteiger partial charge in [-0.25, -0.2) is 0 Å². The summed E-state index contributed by atoms with van der Waals surface area (Å²) in [6.07, 6.45) is 5.87. The molecule has 0 spiro atoms. The molecule has 2 aromatic rings. The van der Waals surface area contributed by atoms with Crippen LogP contribution in [-0.2, 0) is 4.79 Å². The average molecular weight is 386 g/mol. The third-order valence-corrected chi connectivity index (χ3v) is 4.05. The molecule has 0 radical (unpaired) electrons. The van der Waals surface area contributed by atoms with Gasteiger partial charge in [0.25, 0.3) is 11.6 Å². The minimum Gasteiger partial charge on any atom is -0.494 e. The van der Waals surface area contributed by atoms with E-state index < -0.39 is 4.92 Å². The molecule has 0 aliphatic carbocycles. The lowest BCUT2D eigenvalue weighted by Crippen LogP contribution is -2.20. The molecule has 2 aromatic carbocycles. The first kappa shape index (κ1) is 21.2. The Morgan fingerprint density at radius 3 is 2.46 bits per heavy atom. The van der Waals surface area contributed by atoms with Gasteiger partial charge in [-0.1, -0.05) is 38.7 Å². The molecule has 0 aliphatic heterocycles. The number of hydrogen-bond acceptors (Lipinski definition) is 5. The highest BCUT2D eigenvalue weighted by Gasteiger charge is 2.07. The summed E-state index contributed by atoms with van der Waals surface area (Å²) >= 11 is 0. The van der Waals surface area contributed by atoms with Crippen molar-refractivity contribution < 1.29 is 19.2 Å². The standard InChI is InChI=1S/C21H26N2O5/c1-2-3-4-5-6-14-27-20-9-7-8-17(15-20)22-21(24)16-28-19-12-10-18(11-13-19)23(25)26/h7-13,15H,2-6,14,16H2,1H3,(H,22,24). The normalized spacial score (nSPS) is 10.3. The van der Waals surface area contributed by atoms with Gasteiger partial charge in [-0.3, -0.25) is 14.9 Å². The van der Waals surface area contributed by atoms with Crippen LogP contribution in [0.5, 0.6) is 11.5 Å². The first-order valence-electron chi connectivity index (χ1n) is 9.48. The largest absolute Gasteiger partial charge is 0.494 e. The number of anilines is 1. The molecule has 0 saturated carbocycles. The molecule has 2 rings (SSSR count). The van der Waals surface area contributed by atoms with E-state index in [0.717, 1.165) is 12.8 Å². The number of rotatable bonds is 12. The van der Waals surface area contributed by atoms with Crippen molar-refractivity contribution in [2.45, 2.75) is 39.0 Å². The van der Waals surface area contributed by atoms with E-state index in [1.807, 2.05) is 12.1 Å². The molecular formula is C21H26N2O5. The highest BCUT2D eigenvalue weighted by molar-refractivity contribution is 5.92. The van der Waals surface area contributed by atoms with E-state index in [1.54, 1.807) is 12.1 Å². The number of amides is 1. The maximum Gasteiger partial charge on any atom is 0.269 e. The van der Waals surface area contributed by atoms with Crippen LogP contribution in [0.4, 0.5) is 11.4 Å². The van der Waals surface area contributed by atoms with Gasteiger partial charge in [0.2, 0.25) is 0 Å². The summed E-state index contributed by atoms with van der Waals surface area (Å²) in [5.74, 6) is 0.778. The van der Waals surface area contributed by atoms with Gasteiger partial charge in [-0.2, -0.15) is 0 Å². The predicted octanol–water partition coefficient (Wildman–Crippen LogP) is 4.96. The van der Waals surface area contributed by atoms with Crippen LogP contribution >= 0.6 is 0 Å². The minimum absolute atomic E-state index is 0.0287. The fourth-order valence-electron chi connectivity index (χ4n) is 2.57. The summed E-state index contributed by atoms with van der Waals surface area (Å²) in [7, 11) is 0. The Morgan fingerprint density at radius 1 is 1.00 bits per heavy atom. The van der Waals surface area contributed by atoms with Crippen LogP contribution in [0, 0.1) is 10.1 Å². The zero-order valence-corrected chi connectivity index (χ0v) is 16.1. The molecule has 0 unspecified atom stereocenters. The number of ether oxygens (including phenoxy) is 2. The lowest BCUT2D eigenvalue weighted by atomic mass is 10.2. The molecule has 1 amide bonds. The molecule has 0 aliphatic rings. The Kier molecular flexibility index (Phi) is 8.78. The summed E-state index contributed by atoms with van der Waals surface area (Å²) in [4.78, 5) is 22.2. The number of nitro groups is 1. The van der Waals surface area contributed by atoms with Crippen molar-refractivity contribution in [1.82, 2.24) is 0 Å². The molecule has 0 bridgehead atoms. The van der Waals surface area contributed by atoms with E-state index in [-0.39, 0.29) is 18.2 Å². The summed E-state index contributed by atoms with van der Waals surface area (Å²) in [5.41, 5.74) is 0.597. The molecule has 7 nitrogen and oxygen atoms in total. The van der Waals surface area contributed by atoms with Crippen molar-refractivity contribution in [2.24, 2.45) is 0 Å². The Labute approximate surface area is 164 Å². The summed E-state index contributed by atoms with van der Waals surface area (Å²) in [6, 6.07) is 12.8. The van der Waals surface area contributed by atoms with Crippen LogP contribution in [0.25, 0.3) is 0 Å². The number of nitrogens with one attached hydrogen (secondary N) is 1. The topological polar surface area (TPSA) is 90.7 Å². The molecular weight excluding hydrogens is 360 g/mol. The maximum absolute atomic E-state index is 12.0. The minimum atomic E-state index is -0.489. The second-order valence-corrected chi connectivity index (χ2v) is 6.38. The van der Waals surface area contributed by atoms with E-state index in [4.69, 9.17) is 9.47 Å². The number of nitrogens with zero attached hydrogens (tertiary/aromatic N) is 1. The second-order valence-electron chi connectivity index (χ2n) is 6.38. The van der Waals surface area contributed by atoms with E-state index in [9.17, 15) is 14.9 Å². The fraction of sp³-hybridized carbons (Fsp3) is 0.381. The van der Waals surface area contributed by atoms with Gasteiger partial charge >= 0.3 is 0 Å². The number of unbranched alkanes of at least 4 members (excludes halogenated alkanes) is 4. The maximum atomic E-state index is 12.0. The van der Waals surface area contributed by atoms with Gasteiger partial charge in [0.15, 0.2) is 6.61 Å². The second kappa shape index (κ2) is 11.6.